The summed E-state index contributed by atoms with van der Waals surface area (Å²) in [4.78, 5) is 18.1. The van der Waals surface area contributed by atoms with Gasteiger partial charge in [-0.15, -0.1) is 0 Å². The van der Waals surface area contributed by atoms with Gasteiger partial charge in [0.05, 0.1) is 28.7 Å². The molecular formula is C30H24BrN3O3. The van der Waals surface area contributed by atoms with Gasteiger partial charge >= 0.3 is 0 Å². The van der Waals surface area contributed by atoms with Gasteiger partial charge in [-0.2, -0.15) is 9.78 Å². The summed E-state index contributed by atoms with van der Waals surface area (Å²) in [7, 11) is 1.59. The number of fused-ring (bicyclic) bond motifs is 1. The van der Waals surface area contributed by atoms with E-state index in [1.807, 2.05) is 72.8 Å². The molecule has 6 nitrogen and oxygen atoms in total. The van der Waals surface area contributed by atoms with E-state index in [-0.39, 0.29) is 5.56 Å². The van der Waals surface area contributed by atoms with Crippen molar-refractivity contribution in [3.63, 3.8) is 0 Å². The van der Waals surface area contributed by atoms with Gasteiger partial charge in [0.1, 0.15) is 6.61 Å². The second-order valence-electron chi connectivity index (χ2n) is 8.49. The van der Waals surface area contributed by atoms with Gasteiger partial charge in [0.2, 0.25) is 0 Å². The first kappa shape index (κ1) is 24.5. The van der Waals surface area contributed by atoms with Gasteiger partial charge in [0, 0.05) is 5.56 Å². The number of hydrogen-bond acceptors (Lipinski definition) is 5. The maximum absolute atomic E-state index is 13.4. The van der Waals surface area contributed by atoms with Crippen molar-refractivity contribution in [2.24, 2.45) is 5.10 Å². The third-order valence-electron chi connectivity index (χ3n) is 5.86. The van der Waals surface area contributed by atoms with Gasteiger partial charge in [0.25, 0.3) is 5.56 Å². The SMILES string of the molecule is COc1cc(C=Nn2c(-c3ccccc3)nc3ccccc3c2=O)cc(Br)c1OCc1ccc(C)cc1. The molecule has 0 aliphatic carbocycles. The molecule has 1 aromatic heterocycles. The number of nitrogens with zero attached hydrogens (tertiary/aromatic N) is 3. The highest BCUT2D eigenvalue weighted by atomic mass is 79.9. The predicted octanol–water partition coefficient (Wildman–Crippen LogP) is 6.60. The molecule has 4 aromatic carbocycles. The Balaban J connectivity index is 1.51. The number of halogens is 1. The van der Waals surface area contributed by atoms with Gasteiger partial charge in [-0.1, -0.05) is 72.3 Å². The van der Waals surface area contributed by atoms with E-state index in [4.69, 9.17) is 14.5 Å². The summed E-state index contributed by atoms with van der Waals surface area (Å²) in [6, 6.07) is 28.7. The fraction of sp³-hybridized carbons (Fsp3) is 0.100. The van der Waals surface area contributed by atoms with Crippen molar-refractivity contribution >= 4 is 33.0 Å². The summed E-state index contributed by atoms with van der Waals surface area (Å²) in [5.74, 6) is 1.61. The third kappa shape index (κ3) is 5.32. The first-order valence-electron chi connectivity index (χ1n) is 11.7. The monoisotopic (exact) mass is 553 g/mol. The standard InChI is InChI=1S/C30H24BrN3O3/c1-20-12-14-21(15-13-20)19-37-28-25(31)16-22(17-27(28)36-2)18-32-34-29(23-8-4-3-5-9-23)33-26-11-7-6-10-24(26)30(34)35/h3-18H,19H2,1-2H3. The Kier molecular flexibility index (Phi) is 7.14. The lowest BCUT2D eigenvalue weighted by Gasteiger charge is -2.14. The van der Waals surface area contributed by atoms with Crippen molar-refractivity contribution in [1.29, 1.82) is 0 Å². The number of rotatable bonds is 7. The second-order valence-corrected chi connectivity index (χ2v) is 9.34. The van der Waals surface area contributed by atoms with Gasteiger partial charge in [-0.3, -0.25) is 4.79 Å². The predicted molar refractivity (Wildman–Crippen MR) is 151 cm³/mol. The quantitative estimate of drug-likeness (QED) is 0.213. The Morgan fingerprint density at radius 1 is 0.973 bits per heavy atom. The van der Waals surface area contributed by atoms with E-state index < -0.39 is 0 Å². The summed E-state index contributed by atoms with van der Waals surface area (Å²) < 4.78 is 13.7. The van der Waals surface area contributed by atoms with Crippen LogP contribution in [0.4, 0.5) is 0 Å². The first-order chi connectivity index (χ1) is 18.0. The van der Waals surface area contributed by atoms with Crippen LogP contribution in [0.25, 0.3) is 22.3 Å². The smallest absolute Gasteiger partial charge is 0.282 e. The Bertz CT molecular complexity index is 1650. The molecule has 37 heavy (non-hydrogen) atoms. The molecule has 7 heteroatoms. The Hall–Kier alpha value is -4.23. The van der Waals surface area contributed by atoms with E-state index in [0.717, 1.165) is 16.7 Å². The van der Waals surface area contributed by atoms with E-state index in [0.29, 0.717) is 39.3 Å². The lowest BCUT2D eigenvalue weighted by molar-refractivity contribution is 0.282. The molecule has 0 saturated carbocycles. The highest BCUT2D eigenvalue weighted by Gasteiger charge is 2.14. The zero-order valence-corrected chi connectivity index (χ0v) is 22.0. The molecule has 184 valence electrons. The third-order valence-corrected chi connectivity index (χ3v) is 6.45. The lowest BCUT2D eigenvalue weighted by Crippen LogP contribution is -2.20. The van der Waals surface area contributed by atoms with Crippen LogP contribution in [0.1, 0.15) is 16.7 Å². The summed E-state index contributed by atoms with van der Waals surface area (Å²) in [5, 5.41) is 5.05. The van der Waals surface area contributed by atoms with Gasteiger partial charge in [-0.05, 0) is 58.2 Å². The number of methoxy groups -OCH3 is 1. The van der Waals surface area contributed by atoms with Crippen LogP contribution in [0.15, 0.2) is 105 Å². The van der Waals surface area contributed by atoms with Crippen LogP contribution in [0.5, 0.6) is 11.5 Å². The zero-order valence-electron chi connectivity index (χ0n) is 20.4. The molecule has 0 saturated heterocycles. The van der Waals surface area contributed by atoms with Crippen LogP contribution < -0.4 is 15.0 Å². The van der Waals surface area contributed by atoms with Crippen LogP contribution in [-0.2, 0) is 6.61 Å². The van der Waals surface area contributed by atoms with E-state index in [1.54, 1.807) is 19.4 Å². The molecule has 0 aliphatic heterocycles. The fourth-order valence-electron chi connectivity index (χ4n) is 3.92. The molecule has 0 aliphatic rings. The maximum atomic E-state index is 13.4. The molecule has 0 radical (unpaired) electrons. The summed E-state index contributed by atoms with van der Waals surface area (Å²) in [6.45, 7) is 2.46. The van der Waals surface area contributed by atoms with Crippen molar-refractivity contribution in [3.8, 4) is 22.9 Å². The van der Waals surface area contributed by atoms with Crippen LogP contribution in [0.3, 0.4) is 0 Å². The van der Waals surface area contributed by atoms with E-state index in [2.05, 4.69) is 40.1 Å². The zero-order chi connectivity index (χ0) is 25.8. The number of hydrogen-bond donors (Lipinski definition) is 0. The van der Waals surface area contributed by atoms with Crippen LogP contribution in [0, 0.1) is 6.92 Å². The number of aryl methyl sites for hydroxylation is 1. The molecule has 0 spiro atoms. The van der Waals surface area contributed by atoms with Crippen molar-refractivity contribution < 1.29 is 9.47 Å². The number of ether oxygens (including phenoxy) is 2. The van der Waals surface area contributed by atoms with Crippen LogP contribution >= 0.6 is 15.9 Å². The second kappa shape index (κ2) is 10.8. The van der Waals surface area contributed by atoms with Crippen molar-refractivity contribution in [2.45, 2.75) is 13.5 Å². The summed E-state index contributed by atoms with van der Waals surface area (Å²) in [5.41, 5.74) is 4.15. The minimum absolute atomic E-state index is 0.246. The normalized spacial score (nSPS) is 11.2. The molecule has 5 rings (SSSR count). The van der Waals surface area contributed by atoms with E-state index in [9.17, 15) is 4.79 Å². The average molecular weight is 554 g/mol. The topological polar surface area (TPSA) is 65.7 Å². The molecule has 0 N–H and O–H groups in total. The lowest BCUT2D eigenvalue weighted by atomic mass is 10.1. The van der Waals surface area contributed by atoms with Crippen LogP contribution in [-0.4, -0.2) is 23.0 Å². The summed E-state index contributed by atoms with van der Waals surface area (Å²) in [6.07, 6.45) is 1.61. The highest BCUT2D eigenvalue weighted by Crippen LogP contribution is 2.37. The largest absolute Gasteiger partial charge is 0.493 e. The minimum atomic E-state index is -0.246. The van der Waals surface area contributed by atoms with Gasteiger partial charge < -0.3 is 9.47 Å². The number of aromatic nitrogens is 2. The number of para-hydroxylation sites is 1. The highest BCUT2D eigenvalue weighted by molar-refractivity contribution is 9.10. The van der Waals surface area contributed by atoms with Crippen LogP contribution in [0.2, 0.25) is 0 Å². The van der Waals surface area contributed by atoms with E-state index in [1.165, 1.54) is 10.2 Å². The molecule has 0 bridgehead atoms. The van der Waals surface area contributed by atoms with Gasteiger partial charge in [-0.25, -0.2) is 4.98 Å². The molecular weight excluding hydrogens is 530 g/mol. The number of benzene rings is 4. The molecule has 5 aromatic rings. The Labute approximate surface area is 223 Å². The minimum Gasteiger partial charge on any atom is -0.493 e. The first-order valence-corrected chi connectivity index (χ1v) is 12.5. The molecule has 0 fully saturated rings. The Morgan fingerprint density at radius 3 is 2.46 bits per heavy atom. The fourth-order valence-corrected chi connectivity index (χ4v) is 4.50. The average Bonchev–Trinajstić information content (AvgIpc) is 2.93. The van der Waals surface area contributed by atoms with Crippen molar-refractivity contribution in [3.05, 3.63) is 123 Å². The molecule has 0 amide bonds. The molecule has 0 unspecified atom stereocenters. The summed E-state index contributed by atoms with van der Waals surface area (Å²) >= 11 is 3.60. The van der Waals surface area contributed by atoms with Gasteiger partial charge in [0.15, 0.2) is 17.3 Å². The maximum Gasteiger partial charge on any atom is 0.282 e. The van der Waals surface area contributed by atoms with E-state index >= 15 is 0 Å². The Morgan fingerprint density at radius 2 is 1.70 bits per heavy atom. The van der Waals surface area contributed by atoms with Crippen molar-refractivity contribution in [1.82, 2.24) is 9.66 Å². The molecule has 0 atom stereocenters. The molecule has 1 heterocycles. The van der Waals surface area contributed by atoms with Crippen molar-refractivity contribution in [2.75, 3.05) is 7.11 Å².